The molecule has 0 saturated carbocycles. The van der Waals surface area contributed by atoms with E-state index in [0.717, 1.165) is 50.2 Å². The van der Waals surface area contributed by atoms with Crippen molar-refractivity contribution >= 4 is 11.9 Å². The minimum absolute atomic E-state index is 0.0351. The molecule has 1 fully saturated rings. The number of hydrogen-bond acceptors (Lipinski definition) is 5. The standard InChI is InChI=1S/C24H23F2N3O4/c25-18-5-6-19(20(26)11-18)22-12-21(28-33-22)23(30)27-13-15-7-9-29(10-8-15)14-16-1-3-17(4-2-16)24(31)32/h1-6,11-12,15H,7-10,13-14H2,(H,27,30)(H,31,32). The SMILES string of the molecule is O=C(O)c1ccc(CN2CCC(CNC(=O)c3cc(-c4ccc(F)cc4F)on3)CC2)cc1. The van der Waals surface area contributed by atoms with Crippen molar-refractivity contribution in [3.63, 3.8) is 0 Å². The smallest absolute Gasteiger partial charge is 0.335 e. The number of amides is 1. The van der Waals surface area contributed by atoms with Gasteiger partial charge < -0.3 is 14.9 Å². The van der Waals surface area contributed by atoms with E-state index in [-0.39, 0.29) is 22.6 Å². The van der Waals surface area contributed by atoms with Crippen molar-refractivity contribution < 1.29 is 28.0 Å². The summed E-state index contributed by atoms with van der Waals surface area (Å²) >= 11 is 0. The maximum absolute atomic E-state index is 13.9. The molecule has 1 aliphatic rings. The Balaban J connectivity index is 1.24. The van der Waals surface area contributed by atoms with E-state index in [1.54, 1.807) is 12.1 Å². The minimum Gasteiger partial charge on any atom is -0.478 e. The van der Waals surface area contributed by atoms with Crippen LogP contribution in [0.2, 0.25) is 0 Å². The second kappa shape index (κ2) is 9.91. The van der Waals surface area contributed by atoms with E-state index in [1.807, 2.05) is 12.1 Å². The summed E-state index contributed by atoms with van der Waals surface area (Å²) in [6, 6.07) is 11.3. The number of rotatable bonds is 7. The van der Waals surface area contributed by atoms with Gasteiger partial charge in [0.2, 0.25) is 0 Å². The average molecular weight is 455 g/mol. The summed E-state index contributed by atoms with van der Waals surface area (Å²) in [4.78, 5) is 25.7. The lowest BCUT2D eigenvalue weighted by Gasteiger charge is -2.32. The largest absolute Gasteiger partial charge is 0.478 e. The molecule has 2 N–H and O–H groups in total. The highest BCUT2D eigenvalue weighted by Crippen LogP contribution is 2.24. The van der Waals surface area contributed by atoms with Crippen LogP contribution in [0.15, 0.2) is 53.1 Å². The molecule has 2 aromatic carbocycles. The first-order chi connectivity index (χ1) is 15.9. The Labute approximate surface area is 189 Å². The molecule has 1 amide bonds. The van der Waals surface area contributed by atoms with Crippen LogP contribution < -0.4 is 5.32 Å². The average Bonchev–Trinajstić information content (AvgIpc) is 3.29. The van der Waals surface area contributed by atoms with Crippen molar-refractivity contribution in [2.75, 3.05) is 19.6 Å². The Hall–Kier alpha value is -3.59. The van der Waals surface area contributed by atoms with E-state index in [0.29, 0.717) is 12.5 Å². The summed E-state index contributed by atoms with van der Waals surface area (Å²) in [5.74, 6) is -2.45. The maximum atomic E-state index is 13.9. The summed E-state index contributed by atoms with van der Waals surface area (Å²) in [5.41, 5.74) is 1.41. The van der Waals surface area contributed by atoms with E-state index >= 15 is 0 Å². The highest BCUT2D eigenvalue weighted by atomic mass is 19.1. The molecule has 0 bridgehead atoms. The van der Waals surface area contributed by atoms with E-state index in [4.69, 9.17) is 9.63 Å². The number of nitrogens with zero attached hydrogens (tertiary/aromatic N) is 2. The third kappa shape index (κ3) is 5.61. The van der Waals surface area contributed by atoms with Crippen molar-refractivity contribution in [1.29, 1.82) is 0 Å². The maximum Gasteiger partial charge on any atom is 0.335 e. The minimum atomic E-state index is -0.936. The molecule has 0 atom stereocenters. The van der Waals surface area contributed by atoms with E-state index in [2.05, 4.69) is 15.4 Å². The van der Waals surface area contributed by atoms with Gasteiger partial charge in [0.05, 0.1) is 11.1 Å². The summed E-state index contributed by atoms with van der Waals surface area (Å²) in [7, 11) is 0. The van der Waals surface area contributed by atoms with Crippen LogP contribution in [0.3, 0.4) is 0 Å². The highest BCUT2D eigenvalue weighted by Gasteiger charge is 2.22. The topological polar surface area (TPSA) is 95.7 Å². The predicted molar refractivity (Wildman–Crippen MR) is 116 cm³/mol. The summed E-state index contributed by atoms with van der Waals surface area (Å²) in [6.07, 6.45) is 1.83. The molecule has 1 aliphatic heterocycles. The molecule has 172 valence electrons. The number of aromatic nitrogens is 1. The zero-order chi connectivity index (χ0) is 23.4. The second-order valence-electron chi connectivity index (χ2n) is 8.13. The molecule has 33 heavy (non-hydrogen) atoms. The fourth-order valence-electron chi connectivity index (χ4n) is 3.89. The fraction of sp³-hybridized carbons (Fsp3) is 0.292. The molecule has 4 rings (SSSR count). The number of carboxylic acid groups (broad SMARTS) is 1. The van der Waals surface area contributed by atoms with Crippen LogP contribution in [0.1, 0.15) is 39.3 Å². The lowest BCUT2D eigenvalue weighted by molar-refractivity contribution is 0.0696. The number of halogens is 2. The Morgan fingerprint density at radius 1 is 1.09 bits per heavy atom. The van der Waals surface area contributed by atoms with Crippen LogP contribution in [-0.4, -0.2) is 46.7 Å². The second-order valence-corrected chi connectivity index (χ2v) is 8.13. The zero-order valence-corrected chi connectivity index (χ0v) is 17.8. The number of carbonyl (C=O) groups is 2. The van der Waals surface area contributed by atoms with Crippen LogP contribution in [-0.2, 0) is 6.54 Å². The molecule has 9 heteroatoms. The van der Waals surface area contributed by atoms with Gasteiger partial charge in [0, 0.05) is 25.2 Å². The quantitative estimate of drug-likeness (QED) is 0.560. The van der Waals surface area contributed by atoms with E-state index < -0.39 is 23.5 Å². The molecular formula is C24H23F2N3O4. The molecule has 0 unspecified atom stereocenters. The summed E-state index contributed by atoms with van der Waals surface area (Å²) in [5, 5.41) is 15.5. The van der Waals surface area contributed by atoms with Gasteiger partial charge in [-0.05, 0) is 61.7 Å². The first-order valence-corrected chi connectivity index (χ1v) is 10.6. The molecule has 0 radical (unpaired) electrons. The van der Waals surface area contributed by atoms with Gasteiger partial charge in [0.15, 0.2) is 11.5 Å². The number of benzene rings is 2. The lowest BCUT2D eigenvalue weighted by Crippen LogP contribution is -2.38. The monoisotopic (exact) mass is 455 g/mol. The van der Waals surface area contributed by atoms with Crippen LogP contribution >= 0.6 is 0 Å². The van der Waals surface area contributed by atoms with Gasteiger partial charge in [-0.15, -0.1) is 0 Å². The van der Waals surface area contributed by atoms with Gasteiger partial charge in [-0.25, -0.2) is 13.6 Å². The van der Waals surface area contributed by atoms with Crippen molar-refractivity contribution in [3.05, 3.63) is 77.0 Å². The Morgan fingerprint density at radius 3 is 2.48 bits per heavy atom. The third-order valence-electron chi connectivity index (χ3n) is 5.80. The summed E-state index contributed by atoms with van der Waals surface area (Å²) in [6.45, 7) is 2.99. The molecule has 7 nitrogen and oxygen atoms in total. The van der Waals surface area contributed by atoms with Gasteiger partial charge in [0.1, 0.15) is 11.6 Å². The normalized spacial score (nSPS) is 14.8. The zero-order valence-electron chi connectivity index (χ0n) is 17.8. The molecular weight excluding hydrogens is 432 g/mol. The third-order valence-corrected chi connectivity index (χ3v) is 5.80. The van der Waals surface area contributed by atoms with E-state index in [9.17, 15) is 18.4 Å². The van der Waals surface area contributed by atoms with Crippen molar-refractivity contribution in [2.45, 2.75) is 19.4 Å². The molecule has 1 saturated heterocycles. The molecule has 0 spiro atoms. The number of likely N-dealkylation sites (tertiary alicyclic amines) is 1. The first-order valence-electron chi connectivity index (χ1n) is 10.6. The molecule has 2 heterocycles. The van der Waals surface area contributed by atoms with Crippen LogP contribution in [0, 0.1) is 17.6 Å². The van der Waals surface area contributed by atoms with Crippen LogP contribution in [0.25, 0.3) is 11.3 Å². The van der Waals surface area contributed by atoms with Crippen molar-refractivity contribution in [1.82, 2.24) is 15.4 Å². The van der Waals surface area contributed by atoms with Gasteiger partial charge in [-0.2, -0.15) is 0 Å². The highest BCUT2D eigenvalue weighted by molar-refractivity contribution is 5.93. The Kier molecular flexibility index (Phi) is 6.79. The van der Waals surface area contributed by atoms with Crippen molar-refractivity contribution in [2.24, 2.45) is 5.92 Å². The molecule has 1 aromatic heterocycles. The van der Waals surface area contributed by atoms with Crippen LogP contribution in [0.4, 0.5) is 8.78 Å². The van der Waals surface area contributed by atoms with Gasteiger partial charge >= 0.3 is 5.97 Å². The van der Waals surface area contributed by atoms with Crippen LogP contribution in [0.5, 0.6) is 0 Å². The number of carbonyl (C=O) groups excluding carboxylic acids is 1. The number of aromatic carboxylic acids is 1. The number of piperidine rings is 1. The van der Waals surface area contributed by atoms with E-state index in [1.165, 1.54) is 12.1 Å². The fourth-order valence-corrected chi connectivity index (χ4v) is 3.89. The summed E-state index contributed by atoms with van der Waals surface area (Å²) < 4.78 is 32.0. The number of nitrogens with one attached hydrogen (secondary N) is 1. The molecule has 3 aromatic rings. The van der Waals surface area contributed by atoms with Gasteiger partial charge in [-0.1, -0.05) is 17.3 Å². The van der Waals surface area contributed by atoms with Crippen molar-refractivity contribution in [3.8, 4) is 11.3 Å². The predicted octanol–water partition coefficient (Wildman–Crippen LogP) is 3.96. The van der Waals surface area contributed by atoms with Gasteiger partial charge in [-0.3, -0.25) is 9.69 Å². The number of carboxylic acids is 1. The molecule has 0 aliphatic carbocycles. The number of hydrogen-bond donors (Lipinski definition) is 2. The Morgan fingerprint density at radius 2 is 1.82 bits per heavy atom. The first kappa shape index (κ1) is 22.6. The van der Waals surface area contributed by atoms with Gasteiger partial charge in [0.25, 0.3) is 5.91 Å². The lowest BCUT2D eigenvalue weighted by atomic mass is 9.96. The Bertz CT molecular complexity index is 1140.